The highest BCUT2D eigenvalue weighted by Crippen LogP contribution is 2.13. The minimum absolute atomic E-state index is 0.0356. The lowest BCUT2D eigenvalue weighted by molar-refractivity contribution is -0.123. The molecule has 0 aliphatic carbocycles. The van der Waals surface area contributed by atoms with Crippen LogP contribution in [-0.2, 0) is 9.59 Å². The van der Waals surface area contributed by atoms with Gasteiger partial charge in [-0.3, -0.25) is 19.4 Å². The fourth-order valence-electron chi connectivity index (χ4n) is 2.94. The van der Waals surface area contributed by atoms with Gasteiger partial charge in [0, 0.05) is 13.1 Å². The van der Waals surface area contributed by atoms with Crippen LogP contribution in [0.25, 0.3) is 0 Å². The van der Waals surface area contributed by atoms with Crippen molar-refractivity contribution >= 4 is 11.6 Å². The van der Waals surface area contributed by atoms with Gasteiger partial charge in [-0.15, -0.1) is 0 Å². The molecule has 2 aliphatic heterocycles. The van der Waals surface area contributed by atoms with Crippen LogP contribution in [-0.4, -0.2) is 82.6 Å². The Morgan fingerprint density at radius 1 is 1.09 bits per heavy atom. The second-order valence-corrected chi connectivity index (χ2v) is 6.28. The molecule has 6 nitrogen and oxygen atoms in total. The van der Waals surface area contributed by atoms with Gasteiger partial charge in [0.05, 0.1) is 24.8 Å². The van der Waals surface area contributed by atoms with Gasteiger partial charge in [0.1, 0.15) is 11.6 Å². The van der Waals surface area contributed by atoms with Crippen LogP contribution in [0.3, 0.4) is 0 Å². The maximum Gasteiger partial charge on any atom is 0.149 e. The smallest absolute Gasteiger partial charge is 0.149 e. The predicted octanol–water partition coefficient (Wildman–Crippen LogP) is 0.0626. The highest BCUT2D eigenvalue weighted by atomic mass is 16.3. The number of hydrogen-bond acceptors (Lipinski definition) is 6. The molecule has 2 N–H and O–H groups in total. The molecule has 0 aromatic rings. The molecule has 0 aromatic heterocycles. The molecular weight excluding hydrogens is 284 g/mol. The highest BCUT2D eigenvalue weighted by Gasteiger charge is 2.28. The summed E-state index contributed by atoms with van der Waals surface area (Å²) in [5.74, 6) is 0.258. The maximum atomic E-state index is 11.0. The molecule has 0 bridgehead atoms. The SMILES string of the molecule is CC(=O)[C@@H](C)N1CCCC1.CC(=O)[C@@H](CO)N1CCC(O)C1. The van der Waals surface area contributed by atoms with Crippen LogP contribution in [0.15, 0.2) is 0 Å². The number of aliphatic hydroxyl groups excluding tert-OH is 2. The van der Waals surface area contributed by atoms with Crippen molar-refractivity contribution in [3.05, 3.63) is 0 Å². The van der Waals surface area contributed by atoms with Gasteiger partial charge in [0.25, 0.3) is 0 Å². The molecule has 0 spiro atoms. The van der Waals surface area contributed by atoms with Crippen LogP contribution in [0.2, 0.25) is 0 Å². The van der Waals surface area contributed by atoms with E-state index in [0.29, 0.717) is 25.3 Å². The Morgan fingerprint density at radius 3 is 2.05 bits per heavy atom. The van der Waals surface area contributed by atoms with Crippen LogP contribution in [0.1, 0.15) is 40.0 Å². The fourth-order valence-corrected chi connectivity index (χ4v) is 2.94. The zero-order valence-electron chi connectivity index (χ0n) is 14.0. The average molecular weight is 314 g/mol. The molecule has 0 radical (unpaired) electrons. The van der Waals surface area contributed by atoms with Gasteiger partial charge in [0.15, 0.2) is 0 Å². The summed E-state index contributed by atoms with van der Waals surface area (Å²) in [5, 5.41) is 18.1. The first-order chi connectivity index (χ1) is 10.4. The van der Waals surface area contributed by atoms with E-state index in [-0.39, 0.29) is 24.5 Å². The zero-order chi connectivity index (χ0) is 16.7. The molecule has 0 saturated carbocycles. The largest absolute Gasteiger partial charge is 0.394 e. The van der Waals surface area contributed by atoms with Gasteiger partial charge in [0.2, 0.25) is 0 Å². The van der Waals surface area contributed by atoms with Crippen molar-refractivity contribution in [2.75, 3.05) is 32.8 Å². The van der Waals surface area contributed by atoms with Crippen LogP contribution in [0.4, 0.5) is 0 Å². The van der Waals surface area contributed by atoms with E-state index in [4.69, 9.17) is 5.11 Å². The number of carbonyl (C=O) groups is 2. The minimum Gasteiger partial charge on any atom is -0.394 e. The molecule has 3 atom stereocenters. The summed E-state index contributed by atoms with van der Waals surface area (Å²) < 4.78 is 0. The molecule has 0 amide bonds. The van der Waals surface area contributed by atoms with Crippen molar-refractivity contribution in [2.45, 2.75) is 58.2 Å². The number of hydrogen-bond donors (Lipinski definition) is 2. The van der Waals surface area contributed by atoms with Crippen LogP contribution in [0, 0.1) is 0 Å². The average Bonchev–Trinajstić information content (AvgIpc) is 3.11. The summed E-state index contributed by atoms with van der Waals surface area (Å²) in [5.41, 5.74) is 0. The van der Waals surface area contributed by atoms with Crippen LogP contribution < -0.4 is 0 Å². The first-order valence-corrected chi connectivity index (χ1v) is 8.14. The second kappa shape index (κ2) is 9.35. The molecule has 2 rings (SSSR count). The van der Waals surface area contributed by atoms with Crippen molar-refractivity contribution in [3.63, 3.8) is 0 Å². The lowest BCUT2D eigenvalue weighted by Gasteiger charge is -2.22. The standard InChI is InChI=1S/C8H15NO3.C8H15NO/c1-6(11)8(5-10)9-3-2-7(12)4-9;1-7(8(2)10)9-5-3-4-6-9/h7-8,10,12H,2-5H2,1H3;7H,3-6H2,1-2H3/t7?,8-;7-/m11/s1. The van der Waals surface area contributed by atoms with Crippen molar-refractivity contribution < 1.29 is 19.8 Å². The van der Waals surface area contributed by atoms with E-state index in [0.717, 1.165) is 13.1 Å². The summed E-state index contributed by atoms with van der Waals surface area (Å²) in [4.78, 5) is 26.0. The number of nitrogens with zero attached hydrogens (tertiary/aromatic N) is 2. The number of aliphatic hydroxyl groups is 2. The molecule has 1 unspecified atom stereocenters. The van der Waals surface area contributed by atoms with E-state index >= 15 is 0 Å². The fraction of sp³-hybridized carbons (Fsp3) is 0.875. The van der Waals surface area contributed by atoms with Gasteiger partial charge in [-0.1, -0.05) is 0 Å². The van der Waals surface area contributed by atoms with Gasteiger partial charge < -0.3 is 10.2 Å². The van der Waals surface area contributed by atoms with E-state index in [9.17, 15) is 14.7 Å². The van der Waals surface area contributed by atoms with Crippen LogP contribution in [0.5, 0.6) is 0 Å². The minimum atomic E-state index is -0.415. The maximum absolute atomic E-state index is 11.0. The van der Waals surface area contributed by atoms with Gasteiger partial charge in [-0.25, -0.2) is 0 Å². The molecule has 0 aromatic carbocycles. The van der Waals surface area contributed by atoms with E-state index in [1.54, 1.807) is 6.92 Å². The number of ketones is 2. The van der Waals surface area contributed by atoms with E-state index in [1.165, 1.54) is 19.8 Å². The Balaban J connectivity index is 0.000000224. The Labute approximate surface area is 133 Å². The monoisotopic (exact) mass is 314 g/mol. The van der Waals surface area contributed by atoms with Gasteiger partial charge >= 0.3 is 0 Å². The molecule has 128 valence electrons. The molecular formula is C16H30N2O4. The van der Waals surface area contributed by atoms with E-state index < -0.39 is 6.04 Å². The summed E-state index contributed by atoms with van der Waals surface area (Å²) in [6, 6.07) is -0.260. The molecule has 6 heteroatoms. The number of Topliss-reactive ketones (excluding diaryl/α,β-unsaturated/α-hetero) is 2. The third kappa shape index (κ3) is 5.76. The molecule has 22 heavy (non-hydrogen) atoms. The lowest BCUT2D eigenvalue weighted by Crippen LogP contribution is -2.41. The van der Waals surface area contributed by atoms with Crippen molar-refractivity contribution in [1.29, 1.82) is 0 Å². The number of β-amino-alcohol motifs (C(OH)–C–C–N with tert-alkyl or cyclic N) is 1. The highest BCUT2D eigenvalue weighted by molar-refractivity contribution is 5.81. The molecule has 2 saturated heterocycles. The van der Waals surface area contributed by atoms with Crippen molar-refractivity contribution in [1.82, 2.24) is 9.80 Å². The first kappa shape index (κ1) is 19.2. The number of rotatable bonds is 5. The Morgan fingerprint density at radius 2 is 1.68 bits per heavy atom. The quantitative estimate of drug-likeness (QED) is 0.747. The molecule has 2 heterocycles. The Hall–Kier alpha value is -0.820. The zero-order valence-corrected chi connectivity index (χ0v) is 14.0. The van der Waals surface area contributed by atoms with E-state index in [2.05, 4.69) is 4.90 Å². The molecule has 2 aliphatic rings. The third-order valence-electron chi connectivity index (χ3n) is 4.55. The predicted molar refractivity (Wildman–Crippen MR) is 84.7 cm³/mol. The topological polar surface area (TPSA) is 81.1 Å². The Kier molecular flexibility index (Phi) is 8.17. The first-order valence-electron chi connectivity index (χ1n) is 8.14. The normalized spacial score (nSPS) is 25.4. The Bertz CT molecular complexity index is 369. The van der Waals surface area contributed by atoms with Gasteiger partial charge in [-0.05, 0) is 53.1 Å². The summed E-state index contributed by atoms with van der Waals surface area (Å²) in [7, 11) is 0. The summed E-state index contributed by atoms with van der Waals surface area (Å²) in [6.45, 7) is 8.41. The number of likely N-dealkylation sites (tertiary alicyclic amines) is 2. The lowest BCUT2D eigenvalue weighted by atomic mass is 10.2. The van der Waals surface area contributed by atoms with Crippen molar-refractivity contribution in [3.8, 4) is 0 Å². The second-order valence-electron chi connectivity index (χ2n) is 6.28. The summed E-state index contributed by atoms with van der Waals surface area (Å²) >= 11 is 0. The summed E-state index contributed by atoms with van der Waals surface area (Å²) in [6.07, 6.45) is 2.89. The van der Waals surface area contributed by atoms with Crippen molar-refractivity contribution in [2.24, 2.45) is 0 Å². The van der Waals surface area contributed by atoms with E-state index in [1.807, 2.05) is 11.8 Å². The third-order valence-corrected chi connectivity index (χ3v) is 4.55. The van der Waals surface area contributed by atoms with Gasteiger partial charge in [-0.2, -0.15) is 0 Å². The molecule has 2 fully saturated rings. The number of carbonyl (C=O) groups excluding carboxylic acids is 2. The van der Waals surface area contributed by atoms with Crippen LogP contribution >= 0.6 is 0 Å².